The molecule has 1 aromatic heterocycles. The van der Waals surface area contributed by atoms with Gasteiger partial charge in [-0.2, -0.15) is 0 Å². The van der Waals surface area contributed by atoms with Crippen LogP contribution in [0.2, 0.25) is 0 Å². The van der Waals surface area contributed by atoms with Crippen LogP contribution in [0, 0.1) is 5.92 Å². The van der Waals surface area contributed by atoms with Crippen molar-refractivity contribution in [3.8, 4) is 11.5 Å². The molecule has 9 nitrogen and oxygen atoms in total. The SMILES string of the molecule is C[C@H]1CN([C@@H](C)CO)C(=O)CCCn2nncc2CO[C@@H]1CN(C)Cc1ccc(Oc2ccccc2)cc1. The van der Waals surface area contributed by atoms with E-state index in [0.29, 0.717) is 39.1 Å². The first kappa shape index (κ1) is 27.8. The largest absolute Gasteiger partial charge is 0.457 e. The van der Waals surface area contributed by atoms with Gasteiger partial charge in [-0.25, -0.2) is 4.68 Å². The van der Waals surface area contributed by atoms with Crippen molar-refractivity contribution in [2.45, 2.75) is 58.5 Å². The average Bonchev–Trinajstić information content (AvgIpc) is 3.37. The predicted molar refractivity (Wildman–Crippen MR) is 145 cm³/mol. The van der Waals surface area contributed by atoms with Crippen LogP contribution in [0.4, 0.5) is 0 Å². The van der Waals surface area contributed by atoms with Crippen molar-refractivity contribution in [3.05, 3.63) is 72.1 Å². The third-order valence-corrected chi connectivity index (χ3v) is 6.99. The number of hydrogen-bond acceptors (Lipinski definition) is 7. The Morgan fingerprint density at radius 3 is 2.63 bits per heavy atom. The maximum absolute atomic E-state index is 13.0. The van der Waals surface area contributed by atoms with Crippen LogP contribution in [0.5, 0.6) is 11.5 Å². The highest BCUT2D eigenvalue weighted by Gasteiger charge is 2.28. The number of hydrogen-bond donors (Lipinski definition) is 1. The smallest absolute Gasteiger partial charge is 0.222 e. The standard InChI is InChI=1S/C29H39N5O4/c1-22-17-33(23(2)20-35)29(36)10-7-15-34-25(16-30-31-34)21-37-28(22)19-32(3)18-24-11-13-27(14-12-24)38-26-8-5-4-6-9-26/h4-6,8-9,11-14,16,22-23,28,35H,7,10,15,17-21H2,1-3H3/t22-,23-,28+/m0/s1. The number of benzene rings is 2. The molecular formula is C29H39N5O4. The molecule has 38 heavy (non-hydrogen) atoms. The summed E-state index contributed by atoms with van der Waals surface area (Å²) >= 11 is 0. The lowest BCUT2D eigenvalue weighted by atomic mass is 10.0. The van der Waals surface area contributed by atoms with E-state index in [1.54, 1.807) is 11.1 Å². The van der Waals surface area contributed by atoms with Crippen LogP contribution in [-0.2, 0) is 29.2 Å². The summed E-state index contributed by atoms with van der Waals surface area (Å²) in [5, 5.41) is 18.0. The van der Waals surface area contributed by atoms with Gasteiger partial charge in [0.15, 0.2) is 0 Å². The van der Waals surface area contributed by atoms with Gasteiger partial charge in [-0.3, -0.25) is 9.69 Å². The van der Waals surface area contributed by atoms with Crippen LogP contribution in [-0.4, -0.2) is 74.7 Å². The Morgan fingerprint density at radius 1 is 1.16 bits per heavy atom. The highest BCUT2D eigenvalue weighted by Crippen LogP contribution is 2.22. The minimum absolute atomic E-state index is 0.0468. The summed E-state index contributed by atoms with van der Waals surface area (Å²) in [6.45, 7) is 6.90. The first-order valence-electron chi connectivity index (χ1n) is 13.3. The van der Waals surface area contributed by atoms with E-state index < -0.39 is 0 Å². The van der Waals surface area contributed by atoms with Gasteiger partial charge in [0.05, 0.1) is 37.3 Å². The number of amides is 1. The molecule has 0 saturated heterocycles. The number of rotatable bonds is 8. The van der Waals surface area contributed by atoms with Crippen molar-refractivity contribution < 1.29 is 19.4 Å². The van der Waals surface area contributed by atoms with E-state index in [1.807, 2.05) is 54.1 Å². The lowest BCUT2D eigenvalue weighted by Gasteiger charge is -2.35. The van der Waals surface area contributed by atoms with Crippen molar-refractivity contribution in [1.29, 1.82) is 0 Å². The second kappa shape index (κ2) is 13.5. The van der Waals surface area contributed by atoms with Gasteiger partial charge in [-0.1, -0.05) is 42.5 Å². The molecule has 0 unspecified atom stereocenters. The van der Waals surface area contributed by atoms with Gasteiger partial charge >= 0.3 is 0 Å². The summed E-state index contributed by atoms with van der Waals surface area (Å²) in [7, 11) is 2.08. The normalized spacial score (nSPS) is 19.9. The molecule has 3 atom stereocenters. The van der Waals surface area contributed by atoms with E-state index in [-0.39, 0.29) is 30.6 Å². The number of aromatic nitrogens is 3. The van der Waals surface area contributed by atoms with E-state index in [9.17, 15) is 9.90 Å². The molecule has 0 aliphatic carbocycles. The van der Waals surface area contributed by atoms with E-state index in [0.717, 1.165) is 23.7 Å². The zero-order valence-corrected chi connectivity index (χ0v) is 22.6. The Hall–Kier alpha value is -3.27. The maximum atomic E-state index is 13.0. The second-order valence-corrected chi connectivity index (χ2v) is 10.2. The fourth-order valence-corrected chi connectivity index (χ4v) is 4.72. The molecule has 0 radical (unpaired) electrons. The van der Waals surface area contributed by atoms with Crippen molar-refractivity contribution >= 4 is 5.91 Å². The van der Waals surface area contributed by atoms with Crippen LogP contribution in [0.1, 0.15) is 37.9 Å². The lowest BCUT2D eigenvalue weighted by molar-refractivity contribution is -0.136. The number of aryl methyl sites for hydroxylation is 1. The number of nitrogens with zero attached hydrogens (tertiary/aromatic N) is 5. The van der Waals surface area contributed by atoms with Gasteiger partial charge in [0.2, 0.25) is 5.91 Å². The first-order chi connectivity index (χ1) is 18.4. The van der Waals surface area contributed by atoms with Crippen LogP contribution in [0.15, 0.2) is 60.8 Å². The minimum Gasteiger partial charge on any atom is -0.457 e. The second-order valence-electron chi connectivity index (χ2n) is 10.2. The zero-order chi connectivity index (χ0) is 26.9. The molecule has 0 bridgehead atoms. The summed E-state index contributed by atoms with van der Waals surface area (Å²) in [5.41, 5.74) is 2.08. The van der Waals surface area contributed by atoms with Gasteiger partial charge in [0.25, 0.3) is 0 Å². The highest BCUT2D eigenvalue weighted by atomic mass is 16.5. The maximum Gasteiger partial charge on any atom is 0.222 e. The topological polar surface area (TPSA) is 93.0 Å². The van der Waals surface area contributed by atoms with E-state index >= 15 is 0 Å². The number of aliphatic hydroxyl groups is 1. The third-order valence-electron chi connectivity index (χ3n) is 6.99. The number of para-hydroxylation sites is 1. The van der Waals surface area contributed by atoms with Crippen LogP contribution in [0.3, 0.4) is 0 Å². The highest BCUT2D eigenvalue weighted by molar-refractivity contribution is 5.76. The number of ether oxygens (including phenoxy) is 2. The van der Waals surface area contributed by atoms with Crippen LogP contribution >= 0.6 is 0 Å². The fraction of sp³-hybridized carbons (Fsp3) is 0.483. The molecule has 1 amide bonds. The van der Waals surface area contributed by atoms with E-state index in [2.05, 4.69) is 41.3 Å². The lowest BCUT2D eigenvalue weighted by Crippen LogP contribution is -2.47. The Labute approximate surface area is 225 Å². The Balaban J connectivity index is 1.43. The van der Waals surface area contributed by atoms with Crippen molar-refractivity contribution in [3.63, 3.8) is 0 Å². The molecular weight excluding hydrogens is 482 g/mol. The Morgan fingerprint density at radius 2 is 1.89 bits per heavy atom. The summed E-state index contributed by atoms with van der Waals surface area (Å²) in [6.07, 6.45) is 2.67. The molecule has 2 aromatic carbocycles. The van der Waals surface area contributed by atoms with Gasteiger partial charge in [0, 0.05) is 38.5 Å². The molecule has 0 saturated carbocycles. The van der Waals surface area contributed by atoms with Crippen molar-refractivity contribution in [2.24, 2.45) is 5.92 Å². The average molecular weight is 522 g/mol. The molecule has 1 aliphatic heterocycles. The van der Waals surface area contributed by atoms with Crippen LogP contribution in [0.25, 0.3) is 0 Å². The third kappa shape index (κ3) is 7.63. The van der Waals surface area contributed by atoms with Crippen LogP contribution < -0.4 is 4.74 Å². The summed E-state index contributed by atoms with van der Waals surface area (Å²) in [6, 6.07) is 17.6. The zero-order valence-electron chi connectivity index (χ0n) is 22.6. The monoisotopic (exact) mass is 521 g/mol. The first-order valence-corrected chi connectivity index (χ1v) is 13.3. The summed E-state index contributed by atoms with van der Waals surface area (Å²) in [4.78, 5) is 17.1. The number of aliphatic hydroxyl groups excluding tert-OH is 1. The Kier molecular flexibility index (Phi) is 9.86. The molecule has 1 aliphatic rings. The van der Waals surface area contributed by atoms with Gasteiger partial charge in [-0.15, -0.1) is 5.10 Å². The minimum atomic E-state index is -0.246. The molecule has 0 fully saturated rings. The molecule has 9 heteroatoms. The van der Waals surface area contributed by atoms with Crippen molar-refractivity contribution in [1.82, 2.24) is 24.8 Å². The molecule has 2 heterocycles. The van der Waals surface area contributed by atoms with Gasteiger partial charge in [0.1, 0.15) is 11.5 Å². The number of fused-ring (bicyclic) bond motifs is 1. The number of likely N-dealkylation sites (N-methyl/N-ethyl adjacent to an activating group) is 1. The van der Waals surface area contributed by atoms with Crippen molar-refractivity contribution in [2.75, 3.05) is 26.7 Å². The summed E-state index contributed by atoms with van der Waals surface area (Å²) < 4.78 is 14.2. The fourth-order valence-electron chi connectivity index (χ4n) is 4.72. The van der Waals surface area contributed by atoms with Gasteiger partial charge < -0.3 is 19.5 Å². The molecule has 4 rings (SSSR count). The van der Waals surface area contributed by atoms with E-state index in [4.69, 9.17) is 9.47 Å². The quantitative estimate of drug-likeness (QED) is 0.483. The molecule has 1 N–H and O–H groups in total. The van der Waals surface area contributed by atoms with E-state index in [1.165, 1.54) is 5.56 Å². The Bertz CT molecular complexity index is 1140. The number of carbonyl (C=O) groups is 1. The molecule has 0 spiro atoms. The molecule has 204 valence electrons. The predicted octanol–water partition coefficient (Wildman–Crippen LogP) is 3.73. The molecule has 3 aromatic rings. The number of carbonyl (C=O) groups excluding carboxylic acids is 1. The summed E-state index contributed by atoms with van der Waals surface area (Å²) in [5.74, 6) is 1.71. The van der Waals surface area contributed by atoms with Gasteiger partial charge in [-0.05, 0) is 50.2 Å².